The van der Waals surface area contributed by atoms with Crippen LogP contribution in [0.15, 0.2) is 24.3 Å². The number of hydrogen-bond acceptors (Lipinski definition) is 3. The van der Waals surface area contributed by atoms with Crippen LogP contribution < -0.4 is 5.73 Å². The van der Waals surface area contributed by atoms with Crippen molar-refractivity contribution in [1.82, 2.24) is 0 Å². The van der Waals surface area contributed by atoms with E-state index in [-0.39, 0.29) is 18.8 Å². The fourth-order valence-electron chi connectivity index (χ4n) is 1.35. The third kappa shape index (κ3) is 4.18. The average molecular weight is 246 g/mol. The zero-order chi connectivity index (χ0) is 11.4. The highest BCUT2D eigenvalue weighted by Gasteiger charge is 2.17. The highest BCUT2D eigenvalue weighted by molar-refractivity contribution is 5.85. The predicted molar refractivity (Wildman–Crippen MR) is 63.6 cm³/mol. The van der Waals surface area contributed by atoms with E-state index in [0.717, 1.165) is 5.56 Å². The first kappa shape index (κ1) is 14.9. The van der Waals surface area contributed by atoms with Crippen LogP contribution in [0, 0.1) is 6.92 Å². The molecule has 1 rings (SSSR count). The van der Waals surface area contributed by atoms with Crippen LogP contribution >= 0.6 is 12.4 Å². The molecule has 2 unspecified atom stereocenters. The fourth-order valence-corrected chi connectivity index (χ4v) is 1.35. The minimum Gasteiger partial charge on any atom is -0.480 e. The van der Waals surface area contributed by atoms with Crippen molar-refractivity contribution in [3.05, 3.63) is 35.4 Å². The van der Waals surface area contributed by atoms with Crippen molar-refractivity contribution in [2.45, 2.75) is 25.5 Å². The first-order chi connectivity index (χ1) is 7.00. The van der Waals surface area contributed by atoms with Crippen LogP contribution in [-0.2, 0) is 4.79 Å². The summed E-state index contributed by atoms with van der Waals surface area (Å²) < 4.78 is 0. The lowest BCUT2D eigenvalue weighted by atomic mass is 10.0. The van der Waals surface area contributed by atoms with Crippen molar-refractivity contribution >= 4 is 18.4 Å². The van der Waals surface area contributed by atoms with Gasteiger partial charge in [-0.2, -0.15) is 0 Å². The van der Waals surface area contributed by atoms with Gasteiger partial charge in [-0.3, -0.25) is 4.79 Å². The number of carbonyl (C=O) groups is 1. The maximum Gasteiger partial charge on any atom is 0.320 e. The molecule has 0 radical (unpaired) electrons. The first-order valence-electron chi connectivity index (χ1n) is 4.73. The van der Waals surface area contributed by atoms with E-state index in [1.54, 1.807) is 6.07 Å². The monoisotopic (exact) mass is 245 g/mol. The highest BCUT2D eigenvalue weighted by Crippen LogP contribution is 2.18. The number of nitrogens with two attached hydrogens (primary N) is 1. The second-order valence-electron chi connectivity index (χ2n) is 3.61. The molecule has 0 heterocycles. The van der Waals surface area contributed by atoms with E-state index in [1.807, 2.05) is 25.1 Å². The van der Waals surface area contributed by atoms with Gasteiger partial charge in [0.25, 0.3) is 0 Å². The standard InChI is InChI=1S/C11H15NO3.ClH/c1-7-3-2-4-8(5-7)10(13)6-9(12)11(14)15;/h2-5,9-10,13H,6,12H2,1H3,(H,14,15);1H. The van der Waals surface area contributed by atoms with Gasteiger partial charge in [-0.1, -0.05) is 29.8 Å². The van der Waals surface area contributed by atoms with Crippen LogP contribution in [-0.4, -0.2) is 22.2 Å². The van der Waals surface area contributed by atoms with Crippen LogP contribution in [0.2, 0.25) is 0 Å². The molecule has 0 saturated heterocycles. The summed E-state index contributed by atoms with van der Waals surface area (Å²) in [6.45, 7) is 1.91. The summed E-state index contributed by atoms with van der Waals surface area (Å²) >= 11 is 0. The van der Waals surface area contributed by atoms with Gasteiger partial charge in [0.1, 0.15) is 6.04 Å². The van der Waals surface area contributed by atoms with Gasteiger partial charge in [0.05, 0.1) is 6.10 Å². The van der Waals surface area contributed by atoms with Gasteiger partial charge in [0.2, 0.25) is 0 Å². The molecular formula is C11H16ClNO3. The zero-order valence-corrected chi connectivity index (χ0v) is 9.78. The Hall–Kier alpha value is -1.10. The normalized spacial score (nSPS) is 13.7. The molecule has 4 N–H and O–H groups in total. The Morgan fingerprint density at radius 1 is 1.50 bits per heavy atom. The molecular weight excluding hydrogens is 230 g/mol. The third-order valence-electron chi connectivity index (χ3n) is 2.22. The van der Waals surface area contributed by atoms with Crippen LogP contribution in [0.1, 0.15) is 23.7 Å². The second-order valence-corrected chi connectivity index (χ2v) is 3.61. The molecule has 5 heteroatoms. The maximum absolute atomic E-state index is 10.5. The average Bonchev–Trinajstić information content (AvgIpc) is 2.17. The SMILES string of the molecule is Cc1cccc(C(O)CC(N)C(=O)O)c1.Cl. The molecule has 0 bridgehead atoms. The number of halogens is 1. The smallest absolute Gasteiger partial charge is 0.320 e. The number of aliphatic hydroxyl groups excluding tert-OH is 1. The first-order valence-corrected chi connectivity index (χ1v) is 4.73. The molecule has 2 atom stereocenters. The summed E-state index contributed by atoms with van der Waals surface area (Å²) in [5.41, 5.74) is 7.06. The molecule has 0 amide bonds. The molecule has 0 spiro atoms. The number of aliphatic hydroxyl groups is 1. The van der Waals surface area contributed by atoms with Crippen LogP contribution in [0.4, 0.5) is 0 Å². The van der Waals surface area contributed by atoms with E-state index in [9.17, 15) is 9.90 Å². The summed E-state index contributed by atoms with van der Waals surface area (Å²) in [5, 5.41) is 18.3. The second kappa shape index (κ2) is 6.48. The highest BCUT2D eigenvalue weighted by atomic mass is 35.5. The van der Waals surface area contributed by atoms with E-state index in [0.29, 0.717) is 5.56 Å². The molecule has 1 aromatic rings. The zero-order valence-electron chi connectivity index (χ0n) is 8.96. The number of carboxylic acid groups (broad SMARTS) is 1. The molecule has 0 aliphatic heterocycles. The van der Waals surface area contributed by atoms with Gasteiger partial charge in [-0.05, 0) is 12.5 Å². The number of aryl methyl sites for hydroxylation is 1. The number of rotatable bonds is 4. The Kier molecular flexibility index (Phi) is 6.03. The van der Waals surface area contributed by atoms with Crippen molar-refractivity contribution in [2.24, 2.45) is 5.73 Å². The minimum atomic E-state index is -1.10. The Bertz CT molecular complexity index is 357. The maximum atomic E-state index is 10.5. The molecule has 0 aliphatic carbocycles. The van der Waals surface area contributed by atoms with Gasteiger partial charge in [-0.25, -0.2) is 0 Å². The molecule has 0 aliphatic rings. The Labute approximate surface area is 100 Å². The van der Waals surface area contributed by atoms with Crippen LogP contribution in [0.25, 0.3) is 0 Å². The molecule has 4 nitrogen and oxygen atoms in total. The number of aliphatic carboxylic acids is 1. The fraction of sp³-hybridized carbons (Fsp3) is 0.364. The van der Waals surface area contributed by atoms with Crippen molar-refractivity contribution < 1.29 is 15.0 Å². The van der Waals surface area contributed by atoms with Crippen molar-refractivity contribution in [3.8, 4) is 0 Å². The number of hydrogen-bond donors (Lipinski definition) is 3. The lowest BCUT2D eigenvalue weighted by molar-refractivity contribution is -0.139. The Morgan fingerprint density at radius 3 is 2.62 bits per heavy atom. The molecule has 16 heavy (non-hydrogen) atoms. The van der Waals surface area contributed by atoms with Gasteiger partial charge < -0.3 is 15.9 Å². The molecule has 0 saturated carbocycles. The lowest BCUT2D eigenvalue weighted by Gasteiger charge is -2.14. The number of benzene rings is 1. The predicted octanol–water partition coefficient (Wildman–Crippen LogP) is 1.25. The Morgan fingerprint density at radius 2 is 2.12 bits per heavy atom. The summed E-state index contributed by atoms with van der Waals surface area (Å²) in [4.78, 5) is 10.5. The minimum absolute atomic E-state index is 0. The lowest BCUT2D eigenvalue weighted by Crippen LogP contribution is -2.31. The van der Waals surface area contributed by atoms with Gasteiger partial charge in [0.15, 0.2) is 0 Å². The van der Waals surface area contributed by atoms with Crippen molar-refractivity contribution in [2.75, 3.05) is 0 Å². The molecule has 0 fully saturated rings. The summed E-state index contributed by atoms with van der Waals surface area (Å²) in [6.07, 6.45) is -0.797. The quantitative estimate of drug-likeness (QED) is 0.746. The van der Waals surface area contributed by atoms with E-state index >= 15 is 0 Å². The third-order valence-corrected chi connectivity index (χ3v) is 2.22. The van der Waals surface area contributed by atoms with E-state index in [1.165, 1.54) is 0 Å². The summed E-state index contributed by atoms with van der Waals surface area (Å²) in [7, 11) is 0. The van der Waals surface area contributed by atoms with Crippen LogP contribution in [0.3, 0.4) is 0 Å². The Balaban J connectivity index is 0.00000225. The van der Waals surface area contributed by atoms with Crippen molar-refractivity contribution in [1.29, 1.82) is 0 Å². The summed E-state index contributed by atoms with van der Waals surface area (Å²) in [5.74, 6) is -1.10. The van der Waals surface area contributed by atoms with Gasteiger partial charge >= 0.3 is 5.97 Å². The molecule has 1 aromatic carbocycles. The van der Waals surface area contributed by atoms with Gasteiger partial charge in [0, 0.05) is 6.42 Å². The number of carboxylic acids is 1. The van der Waals surface area contributed by atoms with E-state index in [4.69, 9.17) is 10.8 Å². The topological polar surface area (TPSA) is 83.5 Å². The van der Waals surface area contributed by atoms with Crippen molar-refractivity contribution in [3.63, 3.8) is 0 Å². The van der Waals surface area contributed by atoms with E-state index < -0.39 is 18.1 Å². The molecule has 90 valence electrons. The largest absolute Gasteiger partial charge is 0.480 e. The van der Waals surface area contributed by atoms with E-state index in [2.05, 4.69) is 0 Å². The van der Waals surface area contributed by atoms with Crippen LogP contribution in [0.5, 0.6) is 0 Å². The van der Waals surface area contributed by atoms with Gasteiger partial charge in [-0.15, -0.1) is 12.4 Å². The molecule has 0 aromatic heterocycles. The summed E-state index contributed by atoms with van der Waals surface area (Å²) in [6, 6.07) is 6.28.